The average Bonchev–Trinajstić information content (AvgIpc) is 2.37. The molecule has 0 aliphatic carbocycles. The summed E-state index contributed by atoms with van der Waals surface area (Å²) in [7, 11) is 0. The van der Waals surface area contributed by atoms with Gasteiger partial charge in [-0.15, -0.1) is 0 Å². The molecular formula is C15H16Cl2N2. The zero-order chi connectivity index (χ0) is 13.7. The number of pyridine rings is 1. The van der Waals surface area contributed by atoms with Crippen molar-refractivity contribution in [3.05, 3.63) is 63.4 Å². The summed E-state index contributed by atoms with van der Waals surface area (Å²) in [6.07, 6.45) is 0.877. The molecule has 0 saturated heterocycles. The van der Waals surface area contributed by atoms with E-state index in [0.29, 0.717) is 5.02 Å². The first-order chi connectivity index (χ1) is 9.15. The fourth-order valence-electron chi connectivity index (χ4n) is 1.86. The third-order valence-corrected chi connectivity index (χ3v) is 3.43. The van der Waals surface area contributed by atoms with Crippen LogP contribution < -0.4 is 5.32 Å². The quantitative estimate of drug-likeness (QED) is 0.842. The van der Waals surface area contributed by atoms with Crippen LogP contribution in [-0.2, 0) is 13.0 Å². The summed E-state index contributed by atoms with van der Waals surface area (Å²) in [5.41, 5.74) is 3.21. The van der Waals surface area contributed by atoms with Crippen molar-refractivity contribution >= 4 is 23.2 Å². The van der Waals surface area contributed by atoms with Gasteiger partial charge in [-0.25, -0.2) is 0 Å². The monoisotopic (exact) mass is 294 g/mol. The normalized spacial score (nSPS) is 10.7. The second-order valence-corrected chi connectivity index (χ2v) is 5.28. The van der Waals surface area contributed by atoms with Crippen molar-refractivity contribution in [1.29, 1.82) is 0 Å². The van der Waals surface area contributed by atoms with Crippen molar-refractivity contribution in [2.45, 2.75) is 19.9 Å². The molecule has 0 atom stereocenters. The van der Waals surface area contributed by atoms with Gasteiger partial charge in [-0.1, -0.05) is 35.3 Å². The smallest absolute Gasteiger partial charge is 0.0544 e. The van der Waals surface area contributed by atoms with Gasteiger partial charge in [0.25, 0.3) is 0 Å². The first kappa shape index (κ1) is 14.3. The van der Waals surface area contributed by atoms with Gasteiger partial charge in [-0.05, 0) is 49.7 Å². The maximum absolute atomic E-state index is 6.12. The van der Waals surface area contributed by atoms with Crippen LogP contribution in [0.4, 0.5) is 0 Å². The predicted octanol–water partition coefficient (Wildman–Crippen LogP) is 4.03. The van der Waals surface area contributed by atoms with Crippen molar-refractivity contribution in [3.63, 3.8) is 0 Å². The molecular weight excluding hydrogens is 279 g/mol. The first-order valence-corrected chi connectivity index (χ1v) is 6.98. The van der Waals surface area contributed by atoms with Crippen LogP contribution in [0.5, 0.6) is 0 Å². The molecule has 0 saturated carbocycles. The predicted molar refractivity (Wildman–Crippen MR) is 80.8 cm³/mol. The Kier molecular flexibility index (Phi) is 5.20. The fraction of sp³-hybridized carbons (Fsp3) is 0.267. The van der Waals surface area contributed by atoms with Crippen LogP contribution in [0.3, 0.4) is 0 Å². The molecule has 0 spiro atoms. The Bertz CT molecular complexity index is 556. The number of nitrogens with zero attached hydrogens (tertiary/aromatic N) is 1. The molecule has 0 unspecified atom stereocenters. The summed E-state index contributed by atoms with van der Waals surface area (Å²) in [4.78, 5) is 4.44. The molecule has 100 valence electrons. The molecule has 2 nitrogen and oxygen atoms in total. The van der Waals surface area contributed by atoms with Crippen LogP contribution in [0.25, 0.3) is 0 Å². The van der Waals surface area contributed by atoms with Gasteiger partial charge in [0.05, 0.1) is 5.69 Å². The maximum Gasteiger partial charge on any atom is 0.0544 e. The Labute approximate surface area is 123 Å². The number of nitrogens with one attached hydrogen (secondary N) is 1. The molecule has 0 amide bonds. The molecule has 1 heterocycles. The van der Waals surface area contributed by atoms with E-state index in [9.17, 15) is 0 Å². The summed E-state index contributed by atoms with van der Waals surface area (Å²) in [5, 5.41) is 4.76. The summed E-state index contributed by atoms with van der Waals surface area (Å²) in [6.45, 7) is 3.63. The van der Waals surface area contributed by atoms with Gasteiger partial charge < -0.3 is 5.32 Å². The summed E-state index contributed by atoms with van der Waals surface area (Å²) in [5.74, 6) is 0. The largest absolute Gasteiger partial charge is 0.311 e. The molecule has 1 aromatic heterocycles. The second-order valence-electron chi connectivity index (χ2n) is 4.43. The van der Waals surface area contributed by atoms with Crippen molar-refractivity contribution in [2.24, 2.45) is 0 Å². The number of aromatic nitrogens is 1. The summed E-state index contributed by atoms with van der Waals surface area (Å²) < 4.78 is 0. The van der Waals surface area contributed by atoms with Gasteiger partial charge in [0.2, 0.25) is 0 Å². The molecule has 1 aromatic carbocycles. The molecule has 0 radical (unpaired) electrons. The van der Waals surface area contributed by atoms with Crippen LogP contribution in [0.2, 0.25) is 10.0 Å². The Morgan fingerprint density at radius 3 is 2.74 bits per heavy atom. The minimum Gasteiger partial charge on any atom is -0.311 e. The molecule has 2 rings (SSSR count). The zero-order valence-corrected chi connectivity index (χ0v) is 12.3. The van der Waals surface area contributed by atoms with E-state index < -0.39 is 0 Å². The van der Waals surface area contributed by atoms with E-state index >= 15 is 0 Å². The van der Waals surface area contributed by atoms with Gasteiger partial charge in [0.15, 0.2) is 0 Å². The van der Waals surface area contributed by atoms with E-state index in [1.807, 2.05) is 37.3 Å². The van der Waals surface area contributed by atoms with E-state index in [0.717, 1.165) is 41.5 Å². The molecule has 0 fully saturated rings. The molecule has 1 N–H and O–H groups in total. The molecule has 0 aliphatic heterocycles. The van der Waals surface area contributed by atoms with E-state index in [4.69, 9.17) is 23.2 Å². The minimum absolute atomic E-state index is 0.672. The van der Waals surface area contributed by atoms with Crippen LogP contribution in [-0.4, -0.2) is 11.5 Å². The molecule has 2 aromatic rings. The van der Waals surface area contributed by atoms with Gasteiger partial charge >= 0.3 is 0 Å². The van der Waals surface area contributed by atoms with Crippen LogP contribution in [0.1, 0.15) is 17.0 Å². The Morgan fingerprint density at radius 1 is 1.16 bits per heavy atom. The van der Waals surface area contributed by atoms with Crippen LogP contribution in [0, 0.1) is 6.92 Å². The molecule has 0 bridgehead atoms. The highest BCUT2D eigenvalue weighted by Gasteiger charge is 2.01. The van der Waals surface area contributed by atoms with E-state index in [2.05, 4.69) is 10.3 Å². The number of hydrogen-bond acceptors (Lipinski definition) is 2. The van der Waals surface area contributed by atoms with Crippen molar-refractivity contribution in [3.8, 4) is 0 Å². The highest BCUT2D eigenvalue weighted by molar-refractivity contribution is 6.35. The summed E-state index contributed by atoms with van der Waals surface area (Å²) in [6, 6.07) is 11.7. The third kappa shape index (κ3) is 4.50. The first-order valence-electron chi connectivity index (χ1n) is 6.22. The van der Waals surface area contributed by atoms with Gasteiger partial charge in [0.1, 0.15) is 0 Å². The third-order valence-electron chi connectivity index (χ3n) is 2.84. The SMILES string of the molecule is Cc1cccc(CNCCc2ccc(Cl)cc2Cl)n1. The number of rotatable bonds is 5. The summed E-state index contributed by atoms with van der Waals surface area (Å²) >= 11 is 12.0. The standard InChI is InChI=1S/C15H16Cl2N2/c1-11-3-2-4-14(19-11)10-18-8-7-12-5-6-13(16)9-15(12)17/h2-6,9,18H,7-8,10H2,1H3. The van der Waals surface area contributed by atoms with Gasteiger partial charge in [-0.2, -0.15) is 0 Å². The number of hydrogen-bond donors (Lipinski definition) is 1. The lowest BCUT2D eigenvalue weighted by Crippen LogP contribution is -2.17. The van der Waals surface area contributed by atoms with E-state index in [1.54, 1.807) is 6.07 Å². The number of aryl methyl sites for hydroxylation is 1. The maximum atomic E-state index is 6.12. The highest BCUT2D eigenvalue weighted by Crippen LogP contribution is 2.21. The molecule has 0 aliphatic rings. The topological polar surface area (TPSA) is 24.9 Å². The minimum atomic E-state index is 0.672. The Hall–Kier alpha value is -1.09. The second kappa shape index (κ2) is 6.90. The van der Waals surface area contributed by atoms with Crippen molar-refractivity contribution < 1.29 is 0 Å². The average molecular weight is 295 g/mol. The van der Waals surface area contributed by atoms with Crippen molar-refractivity contribution in [1.82, 2.24) is 10.3 Å². The van der Waals surface area contributed by atoms with Crippen LogP contribution >= 0.6 is 23.2 Å². The highest BCUT2D eigenvalue weighted by atomic mass is 35.5. The van der Waals surface area contributed by atoms with Crippen molar-refractivity contribution in [2.75, 3.05) is 6.54 Å². The molecule has 4 heteroatoms. The number of benzene rings is 1. The van der Waals surface area contributed by atoms with E-state index in [-0.39, 0.29) is 0 Å². The lowest BCUT2D eigenvalue weighted by atomic mass is 10.1. The van der Waals surface area contributed by atoms with Gasteiger partial charge in [-0.3, -0.25) is 4.98 Å². The van der Waals surface area contributed by atoms with Gasteiger partial charge in [0, 0.05) is 22.3 Å². The lowest BCUT2D eigenvalue weighted by molar-refractivity contribution is 0.673. The van der Waals surface area contributed by atoms with Crippen LogP contribution in [0.15, 0.2) is 36.4 Å². The fourth-order valence-corrected chi connectivity index (χ4v) is 2.36. The Balaban J connectivity index is 1.81. The van der Waals surface area contributed by atoms with E-state index in [1.165, 1.54) is 0 Å². The number of halogens is 2. The molecule has 19 heavy (non-hydrogen) atoms. The zero-order valence-electron chi connectivity index (χ0n) is 10.8. The lowest BCUT2D eigenvalue weighted by Gasteiger charge is -2.07. The Morgan fingerprint density at radius 2 is 2.00 bits per heavy atom.